The Labute approximate surface area is 90.0 Å². The molecule has 1 amide bonds. The first-order chi connectivity index (χ1) is 7.25. The second-order valence-electron chi connectivity index (χ2n) is 3.07. The lowest BCUT2D eigenvalue weighted by Crippen LogP contribution is -2.30. The Morgan fingerprint density at radius 3 is 2.67 bits per heavy atom. The third-order valence-electron chi connectivity index (χ3n) is 1.90. The molecular formula is C12H15NO2. The van der Waals surface area contributed by atoms with Gasteiger partial charge < -0.3 is 4.74 Å². The Hall–Kier alpha value is -1.61. The first-order valence-corrected chi connectivity index (χ1v) is 4.77. The van der Waals surface area contributed by atoms with E-state index in [1.807, 2.05) is 30.3 Å². The van der Waals surface area contributed by atoms with Crippen LogP contribution in [-0.2, 0) is 9.53 Å². The molecule has 0 fully saturated rings. The topological polar surface area (TPSA) is 29.5 Å². The number of anilines is 1. The molecule has 80 valence electrons. The molecule has 0 aliphatic rings. The van der Waals surface area contributed by atoms with Gasteiger partial charge in [-0.25, -0.2) is 0 Å². The predicted octanol–water partition coefficient (Wildman–Crippen LogP) is 2.20. The number of carbonyl (C=O) groups excluding carboxylic acids is 1. The van der Waals surface area contributed by atoms with Gasteiger partial charge in [0.25, 0.3) is 0 Å². The molecule has 0 spiro atoms. The van der Waals surface area contributed by atoms with Crippen LogP contribution in [0.3, 0.4) is 0 Å². The fraction of sp³-hybridized carbons (Fsp3) is 0.250. The van der Waals surface area contributed by atoms with E-state index in [2.05, 4.69) is 6.58 Å². The summed E-state index contributed by atoms with van der Waals surface area (Å²) in [7, 11) is 0. The van der Waals surface area contributed by atoms with Crippen molar-refractivity contribution < 1.29 is 9.53 Å². The van der Waals surface area contributed by atoms with Gasteiger partial charge in [0.1, 0.15) is 6.73 Å². The minimum Gasteiger partial charge on any atom is -0.357 e. The largest absolute Gasteiger partial charge is 0.357 e. The first-order valence-electron chi connectivity index (χ1n) is 4.77. The predicted molar refractivity (Wildman–Crippen MR) is 60.6 cm³/mol. The second-order valence-corrected chi connectivity index (χ2v) is 3.07. The van der Waals surface area contributed by atoms with E-state index in [1.54, 1.807) is 11.0 Å². The molecule has 0 N–H and O–H groups in total. The van der Waals surface area contributed by atoms with Crippen LogP contribution in [0.15, 0.2) is 43.0 Å². The third-order valence-corrected chi connectivity index (χ3v) is 1.90. The maximum atomic E-state index is 11.4. The number of para-hydroxylation sites is 1. The zero-order valence-corrected chi connectivity index (χ0v) is 8.85. The number of nitrogens with zero attached hydrogens (tertiary/aromatic N) is 1. The smallest absolute Gasteiger partial charge is 0.225 e. The van der Waals surface area contributed by atoms with Gasteiger partial charge >= 0.3 is 0 Å². The molecule has 0 aromatic heterocycles. The zero-order valence-electron chi connectivity index (χ0n) is 8.85. The highest BCUT2D eigenvalue weighted by Crippen LogP contribution is 2.12. The van der Waals surface area contributed by atoms with Gasteiger partial charge in [0, 0.05) is 12.6 Å². The molecule has 0 saturated heterocycles. The van der Waals surface area contributed by atoms with Crippen molar-refractivity contribution in [2.75, 3.05) is 18.2 Å². The monoisotopic (exact) mass is 205 g/mol. The van der Waals surface area contributed by atoms with Crippen molar-refractivity contribution in [2.45, 2.75) is 6.92 Å². The van der Waals surface area contributed by atoms with E-state index in [4.69, 9.17) is 4.74 Å². The normalized spacial score (nSPS) is 9.67. The Balaban J connectivity index is 2.66. The van der Waals surface area contributed by atoms with Gasteiger partial charge in [-0.05, 0) is 12.1 Å². The lowest BCUT2D eigenvalue weighted by atomic mass is 10.3. The van der Waals surface area contributed by atoms with Gasteiger partial charge in [0.15, 0.2) is 0 Å². The van der Waals surface area contributed by atoms with Crippen LogP contribution in [0.1, 0.15) is 6.92 Å². The third kappa shape index (κ3) is 3.56. The van der Waals surface area contributed by atoms with E-state index in [-0.39, 0.29) is 12.6 Å². The summed E-state index contributed by atoms with van der Waals surface area (Å²) in [4.78, 5) is 12.9. The maximum absolute atomic E-state index is 11.4. The number of amides is 1. The molecular weight excluding hydrogens is 190 g/mol. The zero-order chi connectivity index (χ0) is 11.1. The van der Waals surface area contributed by atoms with Gasteiger partial charge in [-0.3, -0.25) is 9.69 Å². The van der Waals surface area contributed by atoms with Gasteiger partial charge in [-0.1, -0.05) is 24.3 Å². The van der Waals surface area contributed by atoms with E-state index in [0.717, 1.165) is 5.69 Å². The van der Waals surface area contributed by atoms with Crippen LogP contribution < -0.4 is 4.90 Å². The van der Waals surface area contributed by atoms with Crippen LogP contribution >= 0.6 is 0 Å². The molecule has 1 aromatic rings. The van der Waals surface area contributed by atoms with E-state index < -0.39 is 0 Å². The van der Waals surface area contributed by atoms with Gasteiger partial charge in [-0.2, -0.15) is 0 Å². The molecule has 0 unspecified atom stereocenters. The maximum Gasteiger partial charge on any atom is 0.225 e. The number of hydrogen-bond acceptors (Lipinski definition) is 2. The highest BCUT2D eigenvalue weighted by molar-refractivity contribution is 5.91. The second kappa shape index (κ2) is 5.98. The fourth-order valence-corrected chi connectivity index (χ4v) is 1.18. The van der Waals surface area contributed by atoms with Crippen LogP contribution in [0.4, 0.5) is 5.69 Å². The molecule has 0 aliphatic heterocycles. The van der Waals surface area contributed by atoms with E-state index in [9.17, 15) is 4.79 Å². The standard InChI is InChI=1S/C12H15NO2/c1-3-9-15-10-13(11(2)14)12-7-5-4-6-8-12/h3-8H,1,9-10H2,2H3. The number of rotatable bonds is 5. The minimum absolute atomic E-state index is 0.0368. The molecule has 0 bridgehead atoms. The fourth-order valence-electron chi connectivity index (χ4n) is 1.18. The number of benzene rings is 1. The Bertz CT molecular complexity index is 322. The lowest BCUT2D eigenvalue weighted by Gasteiger charge is -2.20. The highest BCUT2D eigenvalue weighted by Gasteiger charge is 2.09. The number of hydrogen-bond donors (Lipinski definition) is 0. The Morgan fingerprint density at radius 1 is 1.47 bits per heavy atom. The van der Waals surface area contributed by atoms with Crippen molar-refractivity contribution >= 4 is 11.6 Å². The Morgan fingerprint density at radius 2 is 2.13 bits per heavy atom. The van der Waals surface area contributed by atoms with Crippen molar-refractivity contribution in [3.63, 3.8) is 0 Å². The average molecular weight is 205 g/mol. The molecule has 0 saturated carbocycles. The molecule has 0 radical (unpaired) electrons. The van der Waals surface area contributed by atoms with Crippen molar-refractivity contribution in [3.05, 3.63) is 43.0 Å². The van der Waals surface area contributed by atoms with Crippen molar-refractivity contribution in [1.29, 1.82) is 0 Å². The van der Waals surface area contributed by atoms with E-state index >= 15 is 0 Å². The first kappa shape index (κ1) is 11.5. The van der Waals surface area contributed by atoms with Crippen LogP contribution in [0.5, 0.6) is 0 Å². The quantitative estimate of drug-likeness (QED) is 0.419. The molecule has 0 heterocycles. The molecule has 3 heteroatoms. The van der Waals surface area contributed by atoms with Gasteiger partial charge in [0.05, 0.1) is 6.61 Å². The molecule has 15 heavy (non-hydrogen) atoms. The average Bonchev–Trinajstić information content (AvgIpc) is 2.25. The van der Waals surface area contributed by atoms with Crippen molar-refractivity contribution in [2.24, 2.45) is 0 Å². The Kier molecular flexibility index (Phi) is 4.57. The van der Waals surface area contributed by atoms with Crippen LogP contribution in [-0.4, -0.2) is 19.2 Å². The highest BCUT2D eigenvalue weighted by atomic mass is 16.5. The summed E-state index contributed by atoms with van der Waals surface area (Å²) in [5, 5.41) is 0. The van der Waals surface area contributed by atoms with E-state index in [1.165, 1.54) is 6.92 Å². The van der Waals surface area contributed by atoms with E-state index in [0.29, 0.717) is 6.61 Å². The summed E-state index contributed by atoms with van der Waals surface area (Å²) < 4.78 is 5.25. The summed E-state index contributed by atoms with van der Waals surface area (Å²) in [5.74, 6) is -0.0368. The van der Waals surface area contributed by atoms with Crippen LogP contribution in [0.2, 0.25) is 0 Å². The van der Waals surface area contributed by atoms with Gasteiger partial charge in [-0.15, -0.1) is 6.58 Å². The molecule has 0 atom stereocenters. The van der Waals surface area contributed by atoms with Crippen LogP contribution in [0, 0.1) is 0 Å². The summed E-state index contributed by atoms with van der Waals surface area (Å²) in [5.41, 5.74) is 0.842. The summed E-state index contributed by atoms with van der Waals surface area (Å²) in [6.07, 6.45) is 1.66. The minimum atomic E-state index is -0.0368. The molecule has 1 rings (SSSR count). The SMILES string of the molecule is C=CCOCN(C(C)=O)c1ccccc1. The van der Waals surface area contributed by atoms with Gasteiger partial charge in [0.2, 0.25) is 5.91 Å². The summed E-state index contributed by atoms with van der Waals surface area (Å²) in [6, 6.07) is 9.43. The van der Waals surface area contributed by atoms with Crippen LogP contribution in [0.25, 0.3) is 0 Å². The number of ether oxygens (including phenoxy) is 1. The molecule has 3 nitrogen and oxygen atoms in total. The van der Waals surface area contributed by atoms with Crippen molar-refractivity contribution in [1.82, 2.24) is 0 Å². The summed E-state index contributed by atoms with van der Waals surface area (Å²) >= 11 is 0. The summed E-state index contributed by atoms with van der Waals surface area (Å²) in [6.45, 7) is 5.76. The molecule has 0 aliphatic carbocycles. The lowest BCUT2D eigenvalue weighted by molar-refractivity contribution is -0.117. The number of carbonyl (C=O) groups is 1. The van der Waals surface area contributed by atoms with Crippen molar-refractivity contribution in [3.8, 4) is 0 Å². The molecule has 1 aromatic carbocycles.